The number of aromatic nitrogens is 3. The summed E-state index contributed by atoms with van der Waals surface area (Å²) in [7, 11) is 0. The van der Waals surface area contributed by atoms with Crippen molar-refractivity contribution in [1.29, 1.82) is 0 Å². The number of rotatable bonds is 4. The third kappa shape index (κ3) is 3.55. The lowest BCUT2D eigenvalue weighted by molar-refractivity contribution is -0.116. The number of fused-ring (bicyclic) bond motifs is 1. The molecule has 1 aliphatic carbocycles. The van der Waals surface area contributed by atoms with E-state index in [4.69, 9.17) is 21.7 Å². The number of benzene rings is 2. The number of halogens is 1. The molecule has 0 amide bonds. The van der Waals surface area contributed by atoms with Crippen LogP contribution in [-0.4, -0.2) is 20.5 Å². The standard InChI is InChI=1S/C23H21ClN4OS/c1-14-5-2-3-6-16(14)13-30-23-26-22-25-18-7-4-8-19(29)20(18)21(28(22)27-23)15-9-11-17(24)12-10-15/h2-3,5-6,9-12,21H,4,7-8,13H2,1H3,(H,25,26,27)/t21-/m1/s1. The van der Waals surface area contributed by atoms with Gasteiger partial charge in [0.25, 0.3) is 0 Å². The third-order valence-corrected chi connectivity index (χ3v) is 6.79. The highest BCUT2D eigenvalue weighted by atomic mass is 35.5. The number of hydrogen-bond acceptors (Lipinski definition) is 5. The van der Waals surface area contributed by atoms with E-state index >= 15 is 0 Å². The summed E-state index contributed by atoms with van der Waals surface area (Å²) in [5.41, 5.74) is 5.29. The van der Waals surface area contributed by atoms with E-state index in [0.29, 0.717) is 22.5 Å². The zero-order valence-electron chi connectivity index (χ0n) is 16.6. The lowest BCUT2D eigenvalue weighted by Gasteiger charge is -2.32. The lowest BCUT2D eigenvalue weighted by atomic mass is 9.85. The van der Waals surface area contributed by atoms with Crippen LogP contribution in [0.3, 0.4) is 0 Å². The van der Waals surface area contributed by atoms with Crippen molar-refractivity contribution >= 4 is 35.1 Å². The summed E-state index contributed by atoms with van der Waals surface area (Å²) < 4.78 is 1.85. The number of allylic oxidation sites excluding steroid dienone is 2. The largest absolute Gasteiger partial charge is 0.328 e. The maximum absolute atomic E-state index is 12.9. The van der Waals surface area contributed by atoms with E-state index in [9.17, 15) is 4.79 Å². The van der Waals surface area contributed by atoms with Gasteiger partial charge in [0.1, 0.15) is 6.04 Å². The first-order valence-corrected chi connectivity index (χ1v) is 11.4. The van der Waals surface area contributed by atoms with Crippen LogP contribution in [0.25, 0.3) is 0 Å². The fourth-order valence-corrected chi connectivity index (χ4v) is 5.10. The number of aryl methyl sites for hydroxylation is 1. The van der Waals surface area contributed by atoms with Gasteiger partial charge in [0.05, 0.1) is 0 Å². The van der Waals surface area contributed by atoms with Crippen LogP contribution in [-0.2, 0) is 10.5 Å². The van der Waals surface area contributed by atoms with Gasteiger partial charge in [-0.3, -0.25) is 4.79 Å². The Labute approximate surface area is 184 Å². The van der Waals surface area contributed by atoms with E-state index in [0.717, 1.165) is 35.4 Å². The minimum Gasteiger partial charge on any atom is -0.328 e. The predicted octanol–water partition coefficient (Wildman–Crippen LogP) is 5.55. The van der Waals surface area contributed by atoms with Crippen LogP contribution < -0.4 is 5.32 Å². The van der Waals surface area contributed by atoms with Crippen molar-refractivity contribution in [1.82, 2.24) is 14.8 Å². The summed E-state index contributed by atoms with van der Waals surface area (Å²) >= 11 is 7.71. The highest BCUT2D eigenvalue weighted by molar-refractivity contribution is 7.98. The second-order valence-corrected chi connectivity index (χ2v) is 9.00. The number of Topliss-reactive ketones (excluding diaryl/α,β-unsaturated/α-hetero) is 1. The second kappa shape index (κ2) is 7.93. The summed E-state index contributed by atoms with van der Waals surface area (Å²) in [5.74, 6) is 1.67. The average molecular weight is 437 g/mol. The molecule has 3 aromatic rings. The molecule has 2 heterocycles. The Bertz CT molecular complexity index is 1150. The molecule has 5 nitrogen and oxygen atoms in total. The zero-order valence-corrected chi connectivity index (χ0v) is 18.1. The van der Waals surface area contributed by atoms with E-state index < -0.39 is 0 Å². The minimum atomic E-state index is -0.276. The van der Waals surface area contributed by atoms with Crippen LogP contribution in [0.15, 0.2) is 65.0 Å². The van der Waals surface area contributed by atoms with Gasteiger partial charge in [0, 0.05) is 28.5 Å². The van der Waals surface area contributed by atoms with Crippen LogP contribution in [0.2, 0.25) is 5.02 Å². The molecule has 2 aromatic carbocycles. The first-order chi connectivity index (χ1) is 14.6. The molecule has 0 bridgehead atoms. The molecule has 5 rings (SSSR count). The maximum atomic E-state index is 12.9. The van der Waals surface area contributed by atoms with Crippen LogP contribution in [0.4, 0.5) is 5.95 Å². The molecule has 2 aliphatic rings. The highest BCUT2D eigenvalue weighted by Gasteiger charge is 2.36. The zero-order chi connectivity index (χ0) is 20.7. The summed E-state index contributed by atoms with van der Waals surface area (Å²) in [6.45, 7) is 2.11. The molecule has 0 radical (unpaired) electrons. The Morgan fingerprint density at radius 3 is 2.77 bits per heavy atom. The number of nitrogens with one attached hydrogen (secondary N) is 1. The number of nitrogens with zero attached hydrogens (tertiary/aromatic N) is 3. The maximum Gasteiger partial charge on any atom is 0.227 e. The molecule has 7 heteroatoms. The number of thioether (sulfide) groups is 1. The minimum absolute atomic E-state index is 0.180. The first-order valence-electron chi connectivity index (χ1n) is 10.0. The molecule has 1 atom stereocenters. The van der Waals surface area contributed by atoms with Crippen molar-refractivity contribution in [2.45, 2.75) is 43.1 Å². The van der Waals surface area contributed by atoms with Crippen LogP contribution in [0, 0.1) is 6.92 Å². The number of carbonyl (C=O) groups is 1. The number of hydrogen-bond donors (Lipinski definition) is 1. The van der Waals surface area contributed by atoms with Gasteiger partial charge in [0.15, 0.2) is 5.78 Å². The molecule has 0 saturated heterocycles. The van der Waals surface area contributed by atoms with Crippen LogP contribution >= 0.6 is 23.4 Å². The first kappa shape index (κ1) is 19.4. The van der Waals surface area contributed by atoms with Crippen molar-refractivity contribution in [2.75, 3.05) is 5.32 Å². The fourth-order valence-electron chi connectivity index (χ4n) is 4.07. The molecule has 1 aromatic heterocycles. The number of carbonyl (C=O) groups excluding carboxylic acids is 1. The van der Waals surface area contributed by atoms with Crippen LogP contribution in [0.1, 0.15) is 42.0 Å². The topological polar surface area (TPSA) is 59.8 Å². The van der Waals surface area contributed by atoms with Crippen molar-refractivity contribution < 1.29 is 4.79 Å². The van der Waals surface area contributed by atoms with Crippen molar-refractivity contribution in [3.8, 4) is 0 Å². The number of anilines is 1. The molecule has 1 aliphatic heterocycles. The fraction of sp³-hybridized carbons (Fsp3) is 0.261. The molecule has 152 valence electrons. The van der Waals surface area contributed by atoms with E-state index in [1.54, 1.807) is 11.8 Å². The molecule has 0 saturated carbocycles. The normalized spacial score (nSPS) is 18.1. The van der Waals surface area contributed by atoms with Gasteiger partial charge < -0.3 is 5.32 Å². The van der Waals surface area contributed by atoms with Gasteiger partial charge in [-0.1, -0.05) is 59.8 Å². The SMILES string of the molecule is Cc1ccccc1CSc1nc2n(n1)[C@H](c1ccc(Cl)cc1)C1=C(CCCC1=O)N2. The highest BCUT2D eigenvalue weighted by Crippen LogP contribution is 2.41. The molecule has 30 heavy (non-hydrogen) atoms. The van der Waals surface area contributed by atoms with Crippen LogP contribution in [0.5, 0.6) is 0 Å². The van der Waals surface area contributed by atoms with Gasteiger partial charge in [0.2, 0.25) is 11.1 Å². The quantitative estimate of drug-likeness (QED) is 0.543. The van der Waals surface area contributed by atoms with Gasteiger partial charge in [-0.15, -0.1) is 5.10 Å². The Morgan fingerprint density at radius 2 is 1.97 bits per heavy atom. The predicted molar refractivity (Wildman–Crippen MR) is 120 cm³/mol. The Morgan fingerprint density at radius 1 is 1.17 bits per heavy atom. The molecular formula is C23H21ClN4OS. The Kier molecular flexibility index (Phi) is 5.13. The monoisotopic (exact) mass is 436 g/mol. The third-order valence-electron chi connectivity index (χ3n) is 5.65. The van der Waals surface area contributed by atoms with Crippen molar-refractivity contribution in [2.24, 2.45) is 0 Å². The Balaban J connectivity index is 1.51. The molecule has 0 fully saturated rings. The van der Waals surface area contributed by atoms with Gasteiger partial charge >= 0.3 is 0 Å². The smallest absolute Gasteiger partial charge is 0.227 e. The summed E-state index contributed by atoms with van der Waals surface area (Å²) in [4.78, 5) is 17.6. The summed E-state index contributed by atoms with van der Waals surface area (Å²) in [6.07, 6.45) is 2.29. The van der Waals surface area contributed by atoms with E-state index in [1.165, 1.54) is 11.1 Å². The lowest BCUT2D eigenvalue weighted by Crippen LogP contribution is -2.31. The van der Waals surface area contributed by atoms with Gasteiger partial charge in [-0.2, -0.15) is 4.98 Å². The average Bonchev–Trinajstić information content (AvgIpc) is 3.15. The summed E-state index contributed by atoms with van der Waals surface area (Å²) in [6, 6.07) is 15.7. The van der Waals surface area contributed by atoms with Gasteiger partial charge in [-0.25, -0.2) is 4.68 Å². The summed E-state index contributed by atoms with van der Waals surface area (Å²) in [5, 5.41) is 9.54. The molecular weight excluding hydrogens is 416 g/mol. The molecule has 0 unspecified atom stereocenters. The molecule has 1 N–H and O–H groups in total. The second-order valence-electron chi connectivity index (χ2n) is 7.63. The van der Waals surface area contributed by atoms with E-state index in [2.05, 4.69) is 30.4 Å². The molecule has 0 spiro atoms. The van der Waals surface area contributed by atoms with Gasteiger partial charge in [-0.05, 0) is 48.6 Å². The Hall–Kier alpha value is -2.57. The van der Waals surface area contributed by atoms with Crippen molar-refractivity contribution in [3.63, 3.8) is 0 Å². The van der Waals surface area contributed by atoms with E-state index in [1.807, 2.05) is 35.0 Å². The van der Waals surface area contributed by atoms with Crippen molar-refractivity contribution in [3.05, 3.63) is 81.5 Å². The van der Waals surface area contributed by atoms with E-state index in [-0.39, 0.29) is 11.8 Å². The number of ketones is 1.